The summed E-state index contributed by atoms with van der Waals surface area (Å²) in [5.41, 5.74) is 4.31. The smallest absolute Gasteiger partial charge is 0.264 e. The van der Waals surface area contributed by atoms with Crippen molar-refractivity contribution in [2.45, 2.75) is 19.0 Å². The molecule has 4 nitrogen and oxygen atoms in total. The van der Waals surface area contributed by atoms with Crippen LogP contribution in [0.1, 0.15) is 28.3 Å². The number of amides is 1. The van der Waals surface area contributed by atoms with Gasteiger partial charge in [-0.3, -0.25) is 4.79 Å². The van der Waals surface area contributed by atoms with Gasteiger partial charge in [-0.15, -0.1) is 0 Å². The topological polar surface area (TPSA) is 41.9 Å². The van der Waals surface area contributed by atoms with Crippen LogP contribution in [-0.4, -0.2) is 23.6 Å². The second-order valence-corrected chi connectivity index (χ2v) is 8.47. The first kappa shape index (κ1) is 22.5. The van der Waals surface area contributed by atoms with Crippen molar-refractivity contribution in [3.05, 3.63) is 130 Å². The lowest BCUT2D eigenvalue weighted by Crippen LogP contribution is -2.37. The molecule has 3 aromatic carbocycles. The molecule has 1 unspecified atom stereocenters. The van der Waals surface area contributed by atoms with Gasteiger partial charge in [-0.2, -0.15) is 11.3 Å². The molecule has 0 fully saturated rings. The van der Waals surface area contributed by atoms with Gasteiger partial charge in [-0.05, 0) is 45.5 Å². The standard InChI is InChI=1S/C28H26N2O2S/c31-28(21-32-29-19-24-12-6-2-7-13-24)30(20-25-14-8-3-9-15-25)27(26-16-17-33-22-26)18-23-10-4-1-5-11-23/h1-17,19,22,27H,18,20-21H2/b29-19-. The highest BCUT2D eigenvalue weighted by atomic mass is 32.1. The molecule has 0 N–H and O–H groups in total. The SMILES string of the molecule is O=C(CO/N=C\c1ccccc1)N(Cc1ccccc1)C(Cc1ccccc1)c1ccsc1. The Hall–Kier alpha value is -3.70. The van der Waals surface area contributed by atoms with Gasteiger partial charge in [0.2, 0.25) is 0 Å². The molecule has 166 valence electrons. The highest BCUT2D eigenvalue weighted by molar-refractivity contribution is 7.08. The van der Waals surface area contributed by atoms with Crippen LogP contribution in [0.2, 0.25) is 0 Å². The van der Waals surface area contributed by atoms with Gasteiger partial charge in [-0.25, -0.2) is 0 Å². The van der Waals surface area contributed by atoms with Gasteiger partial charge in [0, 0.05) is 6.54 Å². The van der Waals surface area contributed by atoms with Crippen LogP contribution < -0.4 is 0 Å². The third-order valence-corrected chi connectivity index (χ3v) is 6.06. The minimum Gasteiger partial charge on any atom is -0.386 e. The van der Waals surface area contributed by atoms with Gasteiger partial charge >= 0.3 is 0 Å². The van der Waals surface area contributed by atoms with Gasteiger partial charge in [0.25, 0.3) is 5.91 Å². The Kier molecular flexibility index (Phi) is 8.03. The van der Waals surface area contributed by atoms with E-state index in [0.29, 0.717) is 6.54 Å². The fraction of sp³-hybridized carbons (Fsp3) is 0.143. The summed E-state index contributed by atoms with van der Waals surface area (Å²) in [6.07, 6.45) is 2.35. The van der Waals surface area contributed by atoms with E-state index in [1.165, 1.54) is 5.56 Å². The number of thiophene rings is 1. The number of rotatable bonds is 10. The summed E-state index contributed by atoms with van der Waals surface area (Å²) >= 11 is 1.64. The summed E-state index contributed by atoms with van der Waals surface area (Å²) in [5.74, 6) is -0.101. The predicted molar refractivity (Wildman–Crippen MR) is 134 cm³/mol. The van der Waals surface area contributed by atoms with Gasteiger partial charge in [-0.1, -0.05) is 96.2 Å². The lowest BCUT2D eigenvalue weighted by atomic mass is 9.98. The van der Waals surface area contributed by atoms with E-state index < -0.39 is 0 Å². The summed E-state index contributed by atoms with van der Waals surface area (Å²) < 4.78 is 0. The fourth-order valence-corrected chi connectivity index (χ4v) is 4.38. The first-order valence-corrected chi connectivity index (χ1v) is 11.8. The number of nitrogens with zero attached hydrogens (tertiary/aromatic N) is 2. The number of hydrogen-bond donors (Lipinski definition) is 0. The number of carbonyl (C=O) groups is 1. The maximum atomic E-state index is 13.4. The van der Waals surface area contributed by atoms with Gasteiger partial charge in [0.15, 0.2) is 6.61 Å². The molecule has 5 heteroatoms. The average Bonchev–Trinajstić information content (AvgIpc) is 3.41. The lowest BCUT2D eigenvalue weighted by Gasteiger charge is -2.32. The van der Waals surface area contributed by atoms with E-state index >= 15 is 0 Å². The van der Waals surface area contributed by atoms with Crippen molar-refractivity contribution in [2.24, 2.45) is 5.16 Å². The van der Waals surface area contributed by atoms with Crippen LogP contribution in [0.3, 0.4) is 0 Å². The Bertz CT molecular complexity index is 1130. The molecular weight excluding hydrogens is 428 g/mol. The normalized spacial score (nSPS) is 11.9. The third-order valence-electron chi connectivity index (χ3n) is 5.36. The quantitative estimate of drug-likeness (QED) is 0.214. The highest BCUT2D eigenvalue weighted by Crippen LogP contribution is 2.29. The molecule has 1 amide bonds. The number of hydrogen-bond acceptors (Lipinski definition) is 4. The van der Waals surface area contributed by atoms with Crippen LogP contribution in [0.4, 0.5) is 0 Å². The van der Waals surface area contributed by atoms with Crippen LogP contribution in [0.15, 0.2) is 113 Å². The lowest BCUT2D eigenvalue weighted by molar-refractivity contribution is -0.139. The van der Waals surface area contributed by atoms with Crippen molar-refractivity contribution < 1.29 is 9.63 Å². The zero-order valence-electron chi connectivity index (χ0n) is 18.3. The van der Waals surface area contributed by atoms with Gasteiger partial charge < -0.3 is 9.74 Å². The largest absolute Gasteiger partial charge is 0.386 e. The summed E-state index contributed by atoms with van der Waals surface area (Å²) in [4.78, 5) is 20.7. The fourth-order valence-electron chi connectivity index (χ4n) is 3.67. The Morgan fingerprint density at radius 2 is 1.52 bits per heavy atom. The summed E-state index contributed by atoms with van der Waals surface area (Å²) in [5, 5.41) is 8.18. The van der Waals surface area contributed by atoms with Crippen LogP contribution in [-0.2, 0) is 22.6 Å². The van der Waals surface area contributed by atoms with Crippen molar-refractivity contribution in [1.82, 2.24) is 4.90 Å². The van der Waals surface area contributed by atoms with Gasteiger partial charge in [0.05, 0.1) is 12.3 Å². The molecule has 1 aromatic heterocycles. The maximum absolute atomic E-state index is 13.4. The van der Waals surface area contributed by atoms with Crippen LogP contribution in [0.25, 0.3) is 0 Å². The second kappa shape index (κ2) is 11.8. The minimum absolute atomic E-state index is 0.101. The van der Waals surface area contributed by atoms with Crippen molar-refractivity contribution in [3.8, 4) is 0 Å². The third kappa shape index (κ3) is 6.64. The number of benzene rings is 3. The molecule has 0 bridgehead atoms. The predicted octanol–water partition coefficient (Wildman–Crippen LogP) is 6.11. The number of carbonyl (C=O) groups excluding carboxylic acids is 1. The zero-order chi connectivity index (χ0) is 22.7. The van der Waals surface area contributed by atoms with Crippen LogP contribution in [0, 0.1) is 0 Å². The van der Waals surface area contributed by atoms with E-state index in [4.69, 9.17) is 4.84 Å². The van der Waals surface area contributed by atoms with Gasteiger partial charge in [0.1, 0.15) is 0 Å². The van der Waals surface area contributed by atoms with Crippen molar-refractivity contribution >= 4 is 23.5 Å². The molecule has 33 heavy (non-hydrogen) atoms. The molecule has 0 spiro atoms. The molecule has 0 saturated heterocycles. The molecule has 0 saturated carbocycles. The Balaban J connectivity index is 1.55. The monoisotopic (exact) mass is 454 g/mol. The van der Waals surface area contributed by atoms with E-state index in [1.807, 2.05) is 83.8 Å². The molecule has 1 atom stereocenters. The molecule has 0 aliphatic rings. The summed E-state index contributed by atoms with van der Waals surface area (Å²) in [7, 11) is 0. The van der Waals surface area contributed by atoms with E-state index in [0.717, 1.165) is 23.1 Å². The van der Waals surface area contributed by atoms with Crippen LogP contribution >= 0.6 is 11.3 Å². The Morgan fingerprint density at radius 3 is 2.15 bits per heavy atom. The van der Waals surface area contributed by atoms with Crippen molar-refractivity contribution in [2.75, 3.05) is 6.61 Å². The Labute approximate surface area is 198 Å². The molecule has 1 heterocycles. The average molecular weight is 455 g/mol. The van der Waals surface area contributed by atoms with Crippen molar-refractivity contribution in [1.29, 1.82) is 0 Å². The van der Waals surface area contributed by atoms with E-state index in [1.54, 1.807) is 17.6 Å². The van der Waals surface area contributed by atoms with E-state index in [2.05, 4.69) is 34.1 Å². The molecular formula is C28H26N2O2S. The Morgan fingerprint density at radius 1 is 0.879 bits per heavy atom. The minimum atomic E-state index is -0.119. The maximum Gasteiger partial charge on any atom is 0.264 e. The second-order valence-electron chi connectivity index (χ2n) is 7.69. The van der Waals surface area contributed by atoms with Crippen LogP contribution in [0.5, 0.6) is 0 Å². The van der Waals surface area contributed by atoms with Crippen molar-refractivity contribution in [3.63, 3.8) is 0 Å². The van der Waals surface area contributed by atoms with E-state index in [9.17, 15) is 4.79 Å². The first-order valence-electron chi connectivity index (χ1n) is 10.9. The molecule has 4 rings (SSSR count). The first-order chi connectivity index (χ1) is 16.3. The zero-order valence-corrected chi connectivity index (χ0v) is 19.1. The summed E-state index contributed by atoms with van der Waals surface area (Å²) in [6.45, 7) is 0.379. The summed E-state index contributed by atoms with van der Waals surface area (Å²) in [6, 6.07) is 32.0. The number of oxime groups is 1. The molecule has 0 radical (unpaired) electrons. The molecule has 4 aromatic rings. The molecule has 0 aliphatic carbocycles. The molecule has 0 aliphatic heterocycles. The van der Waals surface area contributed by atoms with E-state index in [-0.39, 0.29) is 18.6 Å². The highest BCUT2D eigenvalue weighted by Gasteiger charge is 2.26.